The van der Waals surface area contributed by atoms with Crippen LogP contribution in [-0.2, 0) is 31.3 Å². The number of benzene rings is 4. The van der Waals surface area contributed by atoms with E-state index < -0.39 is 23.7 Å². The topological polar surface area (TPSA) is 116 Å². The van der Waals surface area contributed by atoms with E-state index in [-0.39, 0.29) is 17.9 Å². The van der Waals surface area contributed by atoms with Crippen molar-refractivity contribution in [3.63, 3.8) is 0 Å². The standard InChI is InChI=1S/C34H34N2O4.C2HF3O2/c37-32(35-22-27-12-9-11-25-10-7-8-17-30(25)27)24-36-20-18-26(19-21-36)31(23-36)40-33(38)34(39,28-13-3-1-4-14-28)29-15-5-2-6-16-29;3-2(4,5)1(6)7/h1-17,26,31,39H,18-24H2;(H,6,7)/t26?,31-,36?;/m0./s1. The molecule has 4 aromatic rings. The maximum absolute atomic E-state index is 13.7. The Labute approximate surface area is 270 Å². The zero-order valence-electron chi connectivity index (χ0n) is 25.5. The van der Waals surface area contributed by atoms with Crippen molar-refractivity contribution < 1.29 is 47.0 Å². The lowest BCUT2D eigenvalue weighted by atomic mass is 9.82. The van der Waals surface area contributed by atoms with E-state index in [0.717, 1.165) is 42.3 Å². The SMILES string of the molecule is O=C(C[N+]12CCC(CC1)[C@@H](OC(=O)C(O)(c1ccccc1)c1ccccc1)C2)NCc1cccc2ccccc12.O=C([O-])C(F)(F)F. The second-order valence-corrected chi connectivity index (χ2v) is 12.1. The lowest BCUT2D eigenvalue weighted by molar-refractivity contribution is -0.939. The summed E-state index contributed by atoms with van der Waals surface area (Å²) in [6.07, 6.45) is -3.76. The molecule has 0 saturated carbocycles. The molecule has 2 bridgehead atoms. The number of alkyl halides is 3. The fourth-order valence-electron chi connectivity index (χ4n) is 6.56. The number of aliphatic hydroxyl groups is 1. The van der Waals surface area contributed by atoms with Gasteiger partial charge in [-0.15, -0.1) is 0 Å². The van der Waals surface area contributed by atoms with Crippen LogP contribution in [-0.4, -0.2) is 65.9 Å². The Morgan fingerprint density at radius 1 is 0.830 bits per heavy atom. The second kappa shape index (κ2) is 13.9. The third kappa shape index (κ3) is 7.64. The van der Waals surface area contributed by atoms with E-state index in [1.54, 1.807) is 24.3 Å². The van der Waals surface area contributed by atoms with E-state index in [2.05, 4.69) is 29.6 Å². The largest absolute Gasteiger partial charge is 0.542 e. The van der Waals surface area contributed by atoms with Gasteiger partial charge in [-0.25, -0.2) is 4.79 Å². The van der Waals surface area contributed by atoms with Crippen molar-refractivity contribution in [2.75, 3.05) is 26.2 Å². The highest BCUT2D eigenvalue weighted by Crippen LogP contribution is 2.38. The van der Waals surface area contributed by atoms with Crippen molar-refractivity contribution in [3.05, 3.63) is 120 Å². The smallest absolute Gasteiger partial charge is 0.430 e. The van der Waals surface area contributed by atoms with Gasteiger partial charge in [-0.1, -0.05) is 103 Å². The summed E-state index contributed by atoms with van der Waals surface area (Å²) in [5.74, 6) is -3.43. The first kappa shape index (κ1) is 33.6. The predicted octanol–water partition coefficient (Wildman–Crippen LogP) is 3.84. The molecule has 3 fully saturated rings. The quantitative estimate of drug-likeness (QED) is 0.222. The molecule has 2 N–H and O–H groups in total. The Morgan fingerprint density at radius 2 is 1.36 bits per heavy atom. The minimum Gasteiger partial charge on any atom is -0.542 e. The average molecular weight is 649 g/mol. The summed E-state index contributed by atoms with van der Waals surface area (Å²) >= 11 is 0. The van der Waals surface area contributed by atoms with Gasteiger partial charge in [0, 0.05) is 25.3 Å². The number of quaternary nitrogens is 1. The molecular weight excluding hydrogens is 613 g/mol. The number of fused-ring (bicyclic) bond motifs is 4. The molecule has 3 aliphatic heterocycles. The lowest BCUT2D eigenvalue weighted by Crippen LogP contribution is -2.66. The number of ether oxygens (including phenoxy) is 1. The van der Waals surface area contributed by atoms with Gasteiger partial charge in [0.25, 0.3) is 5.91 Å². The average Bonchev–Trinajstić information content (AvgIpc) is 3.08. The third-order valence-electron chi connectivity index (χ3n) is 9.04. The number of hydrogen-bond donors (Lipinski definition) is 2. The fraction of sp³-hybridized carbons (Fsp3) is 0.306. The summed E-state index contributed by atoms with van der Waals surface area (Å²) < 4.78 is 38.3. The molecule has 0 radical (unpaired) electrons. The van der Waals surface area contributed by atoms with Crippen LogP contribution in [0.2, 0.25) is 0 Å². The molecule has 7 rings (SSSR count). The maximum atomic E-state index is 13.7. The first-order valence-corrected chi connectivity index (χ1v) is 15.3. The van der Waals surface area contributed by atoms with Gasteiger partial charge in [-0.3, -0.25) is 4.79 Å². The summed E-state index contributed by atoms with van der Waals surface area (Å²) in [7, 11) is 0. The van der Waals surface area contributed by atoms with Gasteiger partial charge in [-0.05, 0) is 27.5 Å². The minimum atomic E-state index is -5.19. The van der Waals surface area contributed by atoms with Crippen LogP contribution in [0.1, 0.15) is 29.5 Å². The Hall–Kier alpha value is -4.74. The van der Waals surface area contributed by atoms with Gasteiger partial charge in [0.1, 0.15) is 12.5 Å². The van der Waals surface area contributed by atoms with E-state index >= 15 is 0 Å². The monoisotopic (exact) mass is 648 g/mol. The van der Waals surface area contributed by atoms with Gasteiger partial charge >= 0.3 is 12.1 Å². The molecule has 11 heteroatoms. The number of amides is 1. The van der Waals surface area contributed by atoms with Crippen LogP contribution in [0.3, 0.4) is 0 Å². The Balaban J connectivity index is 0.000000559. The van der Waals surface area contributed by atoms with E-state index in [1.165, 1.54) is 0 Å². The number of carboxylic acids is 1. The number of hydrogen-bond acceptors (Lipinski definition) is 6. The van der Waals surface area contributed by atoms with Crippen LogP contribution in [0.5, 0.6) is 0 Å². The molecule has 3 heterocycles. The summed E-state index contributed by atoms with van der Waals surface area (Å²) in [5, 5.41) is 26.1. The minimum absolute atomic E-state index is 0.00318. The van der Waals surface area contributed by atoms with Crippen molar-refractivity contribution in [1.82, 2.24) is 5.32 Å². The van der Waals surface area contributed by atoms with Crippen LogP contribution in [0, 0.1) is 5.92 Å². The summed E-state index contributed by atoms with van der Waals surface area (Å²) in [5.41, 5.74) is 0.139. The number of carboxylic acid groups (broad SMARTS) is 1. The third-order valence-corrected chi connectivity index (χ3v) is 9.04. The van der Waals surface area contributed by atoms with Crippen molar-refractivity contribution in [1.29, 1.82) is 0 Å². The molecule has 0 unspecified atom stereocenters. The predicted molar refractivity (Wildman–Crippen MR) is 165 cm³/mol. The maximum Gasteiger partial charge on any atom is 0.430 e. The van der Waals surface area contributed by atoms with Crippen molar-refractivity contribution in [2.24, 2.45) is 5.92 Å². The Morgan fingerprint density at radius 3 is 1.94 bits per heavy atom. The van der Waals surface area contributed by atoms with Crippen molar-refractivity contribution >= 4 is 28.6 Å². The molecule has 3 aliphatic rings. The van der Waals surface area contributed by atoms with Gasteiger partial charge in [-0.2, -0.15) is 13.2 Å². The van der Waals surface area contributed by atoms with Gasteiger partial charge in [0.2, 0.25) is 5.60 Å². The fourth-order valence-corrected chi connectivity index (χ4v) is 6.56. The van der Waals surface area contributed by atoms with Crippen LogP contribution in [0.15, 0.2) is 103 Å². The number of piperidine rings is 3. The molecule has 8 nitrogen and oxygen atoms in total. The number of nitrogens with one attached hydrogen (secondary N) is 1. The normalized spacial score (nSPS) is 20.5. The van der Waals surface area contributed by atoms with E-state index in [0.29, 0.717) is 35.2 Å². The molecule has 0 aliphatic carbocycles. The van der Waals surface area contributed by atoms with E-state index in [1.807, 2.05) is 54.6 Å². The number of nitrogens with zero attached hydrogens (tertiary/aromatic N) is 1. The lowest BCUT2D eigenvalue weighted by Gasteiger charge is -2.51. The number of carbonyl (C=O) groups is 3. The molecular formula is C36H35F3N2O6. The zero-order valence-corrected chi connectivity index (χ0v) is 25.5. The molecule has 4 aromatic carbocycles. The number of aliphatic carboxylic acids is 1. The number of rotatable bonds is 8. The number of esters is 1. The molecule has 3 saturated heterocycles. The first-order chi connectivity index (χ1) is 22.4. The van der Waals surface area contributed by atoms with Crippen LogP contribution in [0.25, 0.3) is 10.8 Å². The highest BCUT2D eigenvalue weighted by atomic mass is 19.4. The highest BCUT2D eigenvalue weighted by Gasteiger charge is 2.51. The second-order valence-electron chi connectivity index (χ2n) is 12.1. The van der Waals surface area contributed by atoms with Gasteiger partial charge in [0.15, 0.2) is 12.6 Å². The highest BCUT2D eigenvalue weighted by molar-refractivity contribution is 5.87. The molecule has 47 heavy (non-hydrogen) atoms. The van der Waals surface area contributed by atoms with Crippen LogP contribution >= 0.6 is 0 Å². The number of carbonyl (C=O) groups excluding carboxylic acids is 3. The molecule has 246 valence electrons. The van der Waals surface area contributed by atoms with Crippen LogP contribution in [0.4, 0.5) is 13.2 Å². The molecule has 1 amide bonds. The van der Waals surface area contributed by atoms with E-state index in [4.69, 9.17) is 14.6 Å². The van der Waals surface area contributed by atoms with Crippen LogP contribution < -0.4 is 10.4 Å². The number of halogens is 3. The molecule has 1 atom stereocenters. The Bertz CT molecular complexity index is 1660. The van der Waals surface area contributed by atoms with Crippen molar-refractivity contribution in [3.8, 4) is 0 Å². The van der Waals surface area contributed by atoms with Gasteiger partial charge < -0.3 is 29.5 Å². The van der Waals surface area contributed by atoms with Gasteiger partial charge in [0.05, 0.1) is 13.1 Å². The Kier molecular flexibility index (Phi) is 9.97. The summed E-state index contributed by atoms with van der Waals surface area (Å²) in [4.78, 5) is 35.7. The van der Waals surface area contributed by atoms with Crippen molar-refractivity contribution in [2.45, 2.75) is 37.3 Å². The first-order valence-electron chi connectivity index (χ1n) is 15.3. The molecule has 0 aromatic heterocycles. The summed E-state index contributed by atoms with van der Waals surface area (Å²) in [6, 6.07) is 32.3. The van der Waals surface area contributed by atoms with E-state index in [9.17, 15) is 27.9 Å². The summed E-state index contributed by atoms with van der Waals surface area (Å²) in [6.45, 7) is 3.19. The molecule has 0 spiro atoms. The zero-order chi connectivity index (χ0) is 33.7.